The highest BCUT2D eigenvalue weighted by Crippen LogP contribution is 2.30. The lowest BCUT2D eigenvalue weighted by atomic mass is 10.0. The average molecular weight is 492 g/mol. The summed E-state index contributed by atoms with van der Waals surface area (Å²) in [6, 6.07) is 9.67. The van der Waals surface area contributed by atoms with Crippen LogP contribution in [0.1, 0.15) is 22.8 Å². The molecule has 4 N–H and O–H groups in total. The first-order valence-corrected chi connectivity index (χ1v) is 8.86. The van der Waals surface area contributed by atoms with Gasteiger partial charge in [0.15, 0.2) is 6.10 Å². The van der Waals surface area contributed by atoms with Crippen LogP contribution in [0.3, 0.4) is 0 Å². The van der Waals surface area contributed by atoms with Gasteiger partial charge in [0.1, 0.15) is 6.04 Å². The Morgan fingerprint density at radius 3 is 2.22 bits per heavy atom. The molecule has 0 heterocycles. The predicted molar refractivity (Wildman–Crippen MR) is 100 cm³/mol. The Morgan fingerprint density at radius 1 is 1.11 bits per heavy atom. The van der Waals surface area contributed by atoms with E-state index < -0.39 is 35.7 Å². The molecule has 0 spiro atoms. The molecule has 0 aliphatic heterocycles. The number of hydrogen-bond donors (Lipinski definition) is 3. The van der Waals surface area contributed by atoms with Crippen molar-refractivity contribution >= 4 is 34.4 Å². The van der Waals surface area contributed by atoms with Gasteiger partial charge >= 0.3 is 6.18 Å². The molecule has 0 aliphatic rings. The van der Waals surface area contributed by atoms with Gasteiger partial charge in [-0.15, -0.1) is 0 Å². The van der Waals surface area contributed by atoms with Gasteiger partial charge in [-0.3, -0.25) is 9.59 Å². The molecule has 0 bridgehead atoms. The van der Waals surface area contributed by atoms with Crippen LogP contribution >= 0.6 is 22.6 Å². The highest BCUT2D eigenvalue weighted by Gasteiger charge is 2.31. The SMILES string of the molecule is NC(=O)[C@@H](Cc1ccccc1I)NC(=O)[C@H](O)c1ccc(C(F)(F)F)cc1. The monoisotopic (exact) mass is 492 g/mol. The van der Waals surface area contributed by atoms with Crippen molar-refractivity contribution in [2.75, 3.05) is 0 Å². The number of aliphatic hydroxyl groups excluding tert-OH is 1. The van der Waals surface area contributed by atoms with E-state index in [1.54, 1.807) is 12.1 Å². The summed E-state index contributed by atoms with van der Waals surface area (Å²) >= 11 is 2.08. The Hall–Kier alpha value is -2.14. The lowest BCUT2D eigenvalue weighted by molar-refractivity contribution is -0.137. The van der Waals surface area contributed by atoms with Crippen LogP contribution in [0.15, 0.2) is 48.5 Å². The van der Waals surface area contributed by atoms with Crippen LogP contribution in [0.5, 0.6) is 0 Å². The number of primary amides is 1. The molecule has 2 aromatic rings. The maximum Gasteiger partial charge on any atom is 0.416 e. The summed E-state index contributed by atoms with van der Waals surface area (Å²) in [5.41, 5.74) is 5.18. The zero-order chi connectivity index (χ0) is 20.2. The van der Waals surface area contributed by atoms with Crippen LogP contribution in [-0.4, -0.2) is 23.0 Å². The standard InChI is InChI=1S/C18H16F3IN2O3/c19-18(20,21)12-7-5-10(6-8-12)15(25)17(27)24-14(16(23)26)9-11-3-1-2-4-13(11)22/h1-8,14-15,25H,9H2,(H2,23,26)(H,24,27)/t14-,15-/m1/s1. The van der Waals surface area contributed by atoms with Gasteiger partial charge in [0.05, 0.1) is 5.56 Å². The van der Waals surface area contributed by atoms with Crippen molar-refractivity contribution in [3.8, 4) is 0 Å². The number of nitrogens with two attached hydrogens (primary N) is 1. The van der Waals surface area contributed by atoms with Gasteiger partial charge in [0.25, 0.3) is 5.91 Å². The van der Waals surface area contributed by atoms with Crippen molar-refractivity contribution < 1.29 is 27.9 Å². The number of nitrogens with one attached hydrogen (secondary N) is 1. The molecule has 9 heteroatoms. The number of rotatable bonds is 6. The molecule has 0 aromatic heterocycles. The van der Waals surface area contributed by atoms with E-state index in [1.807, 2.05) is 12.1 Å². The minimum atomic E-state index is -4.52. The summed E-state index contributed by atoms with van der Waals surface area (Å²) in [7, 11) is 0. The Labute approximate surface area is 166 Å². The second-order valence-corrected chi connectivity index (χ2v) is 6.94. The van der Waals surface area contributed by atoms with Gasteiger partial charge in [0, 0.05) is 9.99 Å². The van der Waals surface area contributed by atoms with Crippen LogP contribution in [0, 0.1) is 3.57 Å². The number of carbonyl (C=O) groups is 2. The molecule has 0 unspecified atom stereocenters. The largest absolute Gasteiger partial charge is 0.416 e. The molecule has 2 aromatic carbocycles. The van der Waals surface area contributed by atoms with Crippen LogP contribution in [0.2, 0.25) is 0 Å². The van der Waals surface area contributed by atoms with Crippen molar-refractivity contribution in [3.05, 3.63) is 68.8 Å². The van der Waals surface area contributed by atoms with E-state index in [0.29, 0.717) is 0 Å². The van der Waals surface area contributed by atoms with Crippen molar-refractivity contribution in [1.29, 1.82) is 0 Å². The van der Waals surface area contributed by atoms with Gasteiger partial charge in [-0.25, -0.2) is 0 Å². The van der Waals surface area contributed by atoms with E-state index in [0.717, 1.165) is 33.4 Å². The summed E-state index contributed by atoms with van der Waals surface area (Å²) in [4.78, 5) is 23.9. The van der Waals surface area contributed by atoms with Crippen LogP contribution in [-0.2, 0) is 22.2 Å². The predicted octanol–water partition coefficient (Wildman–Crippen LogP) is 2.56. The van der Waals surface area contributed by atoms with Crippen molar-refractivity contribution in [2.24, 2.45) is 5.73 Å². The summed E-state index contributed by atoms with van der Waals surface area (Å²) in [5, 5.41) is 12.4. The van der Waals surface area contributed by atoms with E-state index in [2.05, 4.69) is 27.9 Å². The lowest BCUT2D eigenvalue weighted by Gasteiger charge is -2.19. The zero-order valence-corrected chi connectivity index (χ0v) is 16.0. The summed E-state index contributed by atoms with van der Waals surface area (Å²) < 4.78 is 38.6. The molecule has 0 radical (unpaired) electrons. The number of amides is 2. The van der Waals surface area contributed by atoms with Gasteiger partial charge in [0.2, 0.25) is 5.91 Å². The molecule has 0 aliphatic carbocycles. The number of aliphatic hydroxyl groups is 1. The molecule has 5 nitrogen and oxygen atoms in total. The molecule has 0 saturated heterocycles. The Kier molecular flexibility index (Phi) is 6.82. The number of alkyl halides is 3. The third kappa shape index (κ3) is 5.67. The van der Waals surface area contributed by atoms with E-state index in [9.17, 15) is 27.9 Å². The third-order valence-electron chi connectivity index (χ3n) is 3.84. The fourth-order valence-corrected chi connectivity index (χ4v) is 2.97. The normalized spacial score (nSPS) is 13.7. The number of hydrogen-bond acceptors (Lipinski definition) is 3. The Balaban J connectivity index is 2.10. The summed E-state index contributed by atoms with van der Waals surface area (Å²) in [6.45, 7) is 0. The Morgan fingerprint density at radius 2 is 1.70 bits per heavy atom. The number of carbonyl (C=O) groups excluding carboxylic acids is 2. The highest BCUT2D eigenvalue weighted by molar-refractivity contribution is 14.1. The van der Waals surface area contributed by atoms with Crippen LogP contribution < -0.4 is 11.1 Å². The van der Waals surface area contributed by atoms with E-state index in [1.165, 1.54) is 0 Å². The van der Waals surface area contributed by atoms with E-state index in [-0.39, 0.29) is 12.0 Å². The maximum absolute atomic E-state index is 12.6. The highest BCUT2D eigenvalue weighted by atomic mass is 127. The van der Waals surface area contributed by atoms with Crippen LogP contribution in [0.25, 0.3) is 0 Å². The molecule has 144 valence electrons. The minimum Gasteiger partial charge on any atom is -0.378 e. The summed E-state index contributed by atoms with van der Waals surface area (Å²) in [6.07, 6.45) is -6.13. The molecule has 2 rings (SSSR count). The fraction of sp³-hybridized carbons (Fsp3) is 0.222. The van der Waals surface area contributed by atoms with E-state index in [4.69, 9.17) is 5.73 Å². The number of halogens is 4. The van der Waals surface area contributed by atoms with Crippen LogP contribution in [0.4, 0.5) is 13.2 Å². The maximum atomic E-state index is 12.6. The third-order valence-corrected chi connectivity index (χ3v) is 4.90. The molecule has 0 fully saturated rings. The van der Waals surface area contributed by atoms with E-state index >= 15 is 0 Å². The van der Waals surface area contributed by atoms with Gasteiger partial charge in [-0.2, -0.15) is 13.2 Å². The smallest absolute Gasteiger partial charge is 0.378 e. The average Bonchev–Trinajstić information content (AvgIpc) is 2.61. The fourth-order valence-electron chi connectivity index (χ4n) is 2.36. The lowest BCUT2D eigenvalue weighted by Crippen LogP contribution is -2.47. The molecule has 27 heavy (non-hydrogen) atoms. The van der Waals surface area contributed by atoms with Gasteiger partial charge in [-0.1, -0.05) is 30.3 Å². The van der Waals surface area contributed by atoms with Gasteiger partial charge < -0.3 is 16.2 Å². The summed E-state index contributed by atoms with van der Waals surface area (Å²) in [5.74, 6) is -1.72. The van der Waals surface area contributed by atoms with Crippen molar-refractivity contribution in [3.63, 3.8) is 0 Å². The van der Waals surface area contributed by atoms with Crippen molar-refractivity contribution in [1.82, 2.24) is 5.32 Å². The zero-order valence-electron chi connectivity index (χ0n) is 13.8. The van der Waals surface area contributed by atoms with Crippen molar-refractivity contribution in [2.45, 2.75) is 24.7 Å². The Bertz CT molecular complexity index is 825. The molecular weight excluding hydrogens is 476 g/mol. The second-order valence-electron chi connectivity index (χ2n) is 5.78. The number of benzene rings is 2. The van der Waals surface area contributed by atoms with Gasteiger partial charge in [-0.05, 0) is 51.9 Å². The molecular formula is C18H16F3IN2O3. The molecule has 2 amide bonds. The topological polar surface area (TPSA) is 92.4 Å². The quantitative estimate of drug-likeness (QED) is 0.542. The minimum absolute atomic E-state index is 0.0296. The first kappa shape index (κ1) is 21.2. The molecule has 0 saturated carbocycles. The first-order chi connectivity index (χ1) is 12.6. The first-order valence-electron chi connectivity index (χ1n) is 7.78. The second kappa shape index (κ2) is 8.70. The molecule has 2 atom stereocenters.